The van der Waals surface area contributed by atoms with Crippen LogP contribution in [0.4, 0.5) is 5.13 Å². The predicted octanol–water partition coefficient (Wildman–Crippen LogP) is -2.72. The van der Waals surface area contributed by atoms with Gasteiger partial charge in [-0.2, -0.15) is 9.36 Å². The Bertz CT molecular complexity index is 1250. The number of nitrogens with two attached hydrogens (primary N) is 3. The highest BCUT2D eigenvalue weighted by atomic mass is 32.2. The standard InChI is InChI=1S/C17H22N12O5S3/c18-1-3-28-17(23-26-27-28)36-6-7-5-35-14-9(13(31)29(14)10(7)15(32)33)21-12(30)8(24-34-4-2-19)11-22-16(20)37-25-11/h9,14H,1-6,18-19H2,(H,21,30)(H,32,33)(H2,20,22,25)/b24-8+/t9?,14-/m1/s1. The summed E-state index contributed by atoms with van der Waals surface area (Å²) in [6.07, 6.45) is 0. The van der Waals surface area contributed by atoms with Crippen LogP contribution in [-0.4, -0.2) is 106 Å². The van der Waals surface area contributed by atoms with Gasteiger partial charge in [-0.05, 0) is 16.0 Å². The molecule has 4 rings (SSSR count). The monoisotopic (exact) mass is 570 g/mol. The van der Waals surface area contributed by atoms with Gasteiger partial charge in [-0.1, -0.05) is 16.9 Å². The molecule has 1 saturated heterocycles. The number of β-lactam (4-membered cyclic amide) rings is 1. The lowest BCUT2D eigenvalue weighted by molar-refractivity contribution is -0.150. The maximum atomic E-state index is 13.0. The number of aliphatic carboxylic acids is 1. The van der Waals surface area contributed by atoms with E-state index in [1.807, 2.05) is 0 Å². The Morgan fingerprint density at radius 2 is 2.14 bits per heavy atom. The van der Waals surface area contributed by atoms with E-state index in [1.54, 1.807) is 0 Å². The number of rotatable bonds is 12. The van der Waals surface area contributed by atoms with Gasteiger partial charge in [0.15, 0.2) is 5.13 Å². The van der Waals surface area contributed by atoms with Crippen molar-refractivity contribution in [2.24, 2.45) is 16.6 Å². The van der Waals surface area contributed by atoms with E-state index < -0.39 is 29.2 Å². The van der Waals surface area contributed by atoms with Gasteiger partial charge < -0.3 is 32.5 Å². The molecule has 0 aromatic carbocycles. The number of fused-ring (bicyclic) bond motifs is 1. The summed E-state index contributed by atoms with van der Waals surface area (Å²) in [6.45, 7) is 0.949. The Kier molecular flexibility index (Phi) is 8.53. The molecule has 0 saturated carbocycles. The molecule has 37 heavy (non-hydrogen) atoms. The topological polar surface area (TPSA) is 256 Å². The number of tetrazole rings is 1. The number of amides is 2. The van der Waals surface area contributed by atoms with Crippen molar-refractivity contribution in [1.29, 1.82) is 0 Å². The third-order valence-electron chi connectivity index (χ3n) is 4.99. The van der Waals surface area contributed by atoms with Gasteiger partial charge in [-0.15, -0.1) is 16.9 Å². The van der Waals surface area contributed by atoms with E-state index in [9.17, 15) is 19.5 Å². The number of carbonyl (C=O) groups is 3. The number of hydrogen-bond acceptors (Lipinski definition) is 16. The first-order valence-corrected chi connectivity index (χ1v) is 13.5. The fourth-order valence-corrected chi connectivity index (χ4v) is 6.22. The Hall–Kier alpha value is -3.33. The van der Waals surface area contributed by atoms with Gasteiger partial charge >= 0.3 is 5.97 Å². The molecule has 4 heterocycles. The third kappa shape index (κ3) is 5.66. The van der Waals surface area contributed by atoms with Gasteiger partial charge in [0.2, 0.25) is 16.7 Å². The molecule has 0 bridgehead atoms. The number of nitrogens with one attached hydrogen (secondary N) is 1. The second-order valence-corrected chi connectivity index (χ2v) is 10.2. The molecule has 2 aliphatic heterocycles. The molecular formula is C17H22N12O5S3. The molecule has 2 aliphatic rings. The molecule has 198 valence electrons. The maximum absolute atomic E-state index is 13.0. The Morgan fingerprint density at radius 3 is 2.81 bits per heavy atom. The lowest BCUT2D eigenvalue weighted by Crippen LogP contribution is -2.71. The molecule has 2 aromatic rings. The molecule has 2 aromatic heterocycles. The Morgan fingerprint density at radius 1 is 1.32 bits per heavy atom. The number of anilines is 1. The molecule has 17 nitrogen and oxygen atoms in total. The lowest BCUT2D eigenvalue weighted by Gasteiger charge is -2.49. The lowest BCUT2D eigenvalue weighted by atomic mass is 10.0. The zero-order valence-corrected chi connectivity index (χ0v) is 21.5. The normalized spacial score (nSPS) is 19.5. The predicted molar refractivity (Wildman–Crippen MR) is 133 cm³/mol. The summed E-state index contributed by atoms with van der Waals surface area (Å²) in [4.78, 5) is 48.2. The number of carboxylic acids is 1. The summed E-state index contributed by atoms with van der Waals surface area (Å²) in [5.41, 5.74) is 16.7. The molecule has 2 amide bonds. The molecular weight excluding hydrogens is 548 g/mol. The number of hydrogen-bond donors (Lipinski definition) is 5. The van der Waals surface area contributed by atoms with Crippen LogP contribution in [0.15, 0.2) is 21.6 Å². The van der Waals surface area contributed by atoms with Crippen LogP contribution in [0, 0.1) is 0 Å². The number of thioether (sulfide) groups is 2. The van der Waals surface area contributed by atoms with E-state index >= 15 is 0 Å². The average molecular weight is 571 g/mol. The smallest absolute Gasteiger partial charge is 0.352 e. The first-order valence-electron chi connectivity index (χ1n) is 10.6. The zero-order chi connectivity index (χ0) is 26.5. The van der Waals surface area contributed by atoms with Crippen LogP contribution < -0.4 is 22.5 Å². The van der Waals surface area contributed by atoms with Gasteiger partial charge in [-0.3, -0.25) is 14.5 Å². The summed E-state index contributed by atoms with van der Waals surface area (Å²) in [6, 6.07) is -0.992. The van der Waals surface area contributed by atoms with Gasteiger partial charge in [0, 0.05) is 36.1 Å². The van der Waals surface area contributed by atoms with E-state index in [4.69, 9.17) is 22.0 Å². The molecule has 8 N–H and O–H groups in total. The van der Waals surface area contributed by atoms with Crippen molar-refractivity contribution in [3.8, 4) is 0 Å². The largest absolute Gasteiger partial charge is 0.477 e. The number of carbonyl (C=O) groups excluding carboxylic acids is 2. The molecule has 1 unspecified atom stereocenters. The van der Waals surface area contributed by atoms with E-state index in [1.165, 1.54) is 33.1 Å². The second-order valence-electron chi connectivity index (χ2n) is 7.40. The summed E-state index contributed by atoms with van der Waals surface area (Å²) >= 11 is 3.42. The van der Waals surface area contributed by atoms with Gasteiger partial charge in [0.25, 0.3) is 11.8 Å². The van der Waals surface area contributed by atoms with Crippen LogP contribution in [-0.2, 0) is 25.8 Å². The highest BCUT2D eigenvalue weighted by Gasteiger charge is 2.54. The minimum absolute atomic E-state index is 0.0388. The summed E-state index contributed by atoms with van der Waals surface area (Å²) in [5, 5.41) is 27.6. The SMILES string of the molecule is NCCO/N=C(/C(=O)NC1C(=O)N2C(C(=O)O)=C(CSc3nnnn3CCN)CS[C@H]12)c1nsc(N)n1. The van der Waals surface area contributed by atoms with E-state index in [-0.39, 0.29) is 41.3 Å². The minimum atomic E-state index is -1.25. The van der Waals surface area contributed by atoms with Crippen LogP contribution >= 0.6 is 35.1 Å². The van der Waals surface area contributed by atoms with Gasteiger partial charge in [0.05, 0.1) is 6.54 Å². The minimum Gasteiger partial charge on any atom is -0.477 e. The molecule has 0 spiro atoms. The van der Waals surface area contributed by atoms with Crippen molar-refractivity contribution in [1.82, 2.24) is 39.8 Å². The second kappa shape index (κ2) is 11.8. The Labute approximate surface area is 221 Å². The van der Waals surface area contributed by atoms with E-state index in [0.717, 1.165) is 11.5 Å². The Balaban J connectivity index is 1.48. The third-order valence-corrected chi connectivity index (χ3v) is 7.91. The fraction of sp³-hybridized carbons (Fsp3) is 0.471. The van der Waals surface area contributed by atoms with Crippen molar-refractivity contribution in [2.45, 2.75) is 23.1 Å². The van der Waals surface area contributed by atoms with Crippen LogP contribution in [0.1, 0.15) is 5.82 Å². The summed E-state index contributed by atoms with van der Waals surface area (Å²) in [5.74, 6) is -2.11. The number of carboxylic acid groups (broad SMARTS) is 1. The zero-order valence-electron chi connectivity index (χ0n) is 19.0. The number of nitrogen functional groups attached to an aromatic ring is 1. The van der Waals surface area contributed by atoms with Crippen molar-refractivity contribution >= 4 is 63.7 Å². The number of nitrogens with zero attached hydrogens (tertiary/aromatic N) is 8. The van der Waals surface area contributed by atoms with Crippen LogP contribution in [0.2, 0.25) is 0 Å². The molecule has 2 atom stereocenters. The molecule has 20 heteroatoms. The van der Waals surface area contributed by atoms with Gasteiger partial charge in [0.1, 0.15) is 23.7 Å². The van der Waals surface area contributed by atoms with Crippen LogP contribution in [0.3, 0.4) is 0 Å². The quantitative estimate of drug-likeness (QED) is 0.0571. The number of oxime groups is 1. The van der Waals surface area contributed by atoms with Crippen molar-refractivity contribution in [2.75, 3.05) is 36.9 Å². The van der Waals surface area contributed by atoms with E-state index in [2.05, 4.69) is 35.4 Å². The summed E-state index contributed by atoms with van der Waals surface area (Å²) in [7, 11) is 0. The van der Waals surface area contributed by atoms with Crippen molar-refractivity contribution in [3.05, 3.63) is 17.1 Å². The van der Waals surface area contributed by atoms with Crippen LogP contribution in [0.25, 0.3) is 0 Å². The van der Waals surface area contributed by atoms with Crippen LogP contribution in [0.5, 0.6) is 0 Å². The highest BCUT2D eigenvalue weighted by Crippen LogP contribution is 2.41. The average Bonchev–Trinajstić information content (AvgIpc) is 3.51. The first kappa shape index (κ1) is 26.7. The maximum Gasteiger partial charge on any atom is 0.352 e. The fourth-order valence-electron chi connectivity index (χ4n) is 3.40. The van der Waals surface area contributed by atoms with E-state index in [0.29, 0.717) is 29.6 Å². The van der Waals surface area contributed by atoms with Crippen molar-refractivity contribution < 1.29 is 24.3 Å². The first-order chi connectivity index (χ1) is 17.8. The molecule has 0 aliphatic carbocycles. The molecule has 0 radical (unpaired) electrons. The molecule has 1 fully saturated rings. The van der Waals surface area contributed by atoms with Gasteiger partial charge in [-0.25, -0.2) is 9.48 Å². The number of aromatic nitrogens is 6. The highest BCUT2D eigenvalue weighted by molar-refractivity contribution is 8.01. The summed E-state index contributed by atoms with van der Waals surface area (Å²) < 4.78 is 5.48. The van der Waals surface area contributed by atoms with Crippen molar-refractivity contribution in [3.63, 3.8) is 0 Å².